The summed E-state index contributed by atoms with van der Waals surface area (Å²) in [7, 11) is 1.56. The van der Waals surface area contributed by atoms with Crippen LogP contribution < -0.4 is 4.74 Å². The lowest BCUT2D eigenvalue weighted by Crippen LogP contribution is -2.46. The Balaban J connectivity index is 1.80. The number of urea groups is 1. The van der Waals surface area contributed by atoms with Crippen molar-refractivity contribution in [2.75, 3.05) is 7.11 Å². The molecule has 2 aliphatic rings. The minimum atomic E-state index is -0.741. The predicted molar refractivity (Wildman–Crippen MR) is 94.9 cm³/mol. The molecule has 1 heterocycles. The highest BCUT2D eigenvalue weighted by Gasteiger charge is 2.48. The molecule has 0 spiro atoms. The van der Waals surface area contributed by atoms with E-state index < -0.39 is 17.8 Å². The van der Waals surface area contributed by atoms with Crippen LogP contribution in [0.25, 0.3) is 0 Å². The number of imide groups is 2. The van der Waals surface area contributed by atoms with Gasteiger partial charge in [-0.1, -0.05) is 25.8 Å². The number of benzene rings is 1. The van der Waals surface area contributed by atoms with Gasteiger partial charge in [0.25, 0.3) is 0 Å². The third kappa shape index (κ3) is 3.29. The van der Waals surface area contributed by atoms with Crippen molar-refractivity contribution in [1.82, 2.24) is 9.80 Å². The van der Waals surface area contributed by atoms with E-state index in [1.807, 2.05) is 6.92 Å². The number of hydrogen-bond donors (Lipinski definition) is 0. The van der Waals surface area contributed by atoms with Crippen molar-refractivity contribution in [3.63, 3.8) is 0 Å². The second-order valence-electron chi connectivity index (χ2n) is 6.65. The number of methoxy groups -OCH3 is 1. The molecule has 0 N–H and O–H groups in total. The minimum absolute atomic E-state index is 0.0730. The molecule has 6 nitrogen and oxygen atoms in total. The molecule has 2 atom stereocenters. The lowest BCUT2D eigenvalue weighted by Gasteiger charge is -2.34. The molecular formula is C18H21BrN2O4. The van der Waals surface area contributed by atoms with Crippen molar-refractivity contribution in [3.8, 4) is 5.75 Å². The van der Waals surface area contributed by atoms with Crippen LogP contribution in [-0.2, 0) is 16.1 Å². The second-order valence-corrected chi connectivity index (χ2v) is 7.50. The number of halogens is 1. The molecule has 0 radical (unpaired) electrons. The summed E-state index contributed by atoms with van der Waals surface area (Å²) in [4.78, 5) is 39.8. The predicted octanol–water partition coefficient (Wildman–Crippen LogP) is 3.33. The summed E-state index contributed by atoms with van der Waals surface area (Å²) >= 11 is 3.39. The van der Waals surface area contributed by atoms with Crippen LogP contribution in [0.1, 0.15) is 38.2 Å². The summed E-state index contributed by atoms with van der Waals surface area (Å²) in [6.07, 6.45) is 3.83. The van der Waals surface area contributed by atoms with Crippen molar-refractivity contribution >= 4 is 33.8 Å². The van der Waals surface area contributed by atoms with E-state index in [4.69, 9.17) is 4.74 Å². The fraction of sp³-hybridized carbons (Fsp3) is 0.500. The first kappa shape index (κ1) is 17.9. The molecule has 134 valence electrons. The average Bonchev–Trinajstić information content (AvgIpc) is 2.79. The van der Waals surface area contributed by atoms with Gasteiger partial charge in [0.15, 0.2) is 0 Å². The Morgan fingerprint density at radius 2 is 1.88 bits per heavy atom. The van der Waals surface area contributed by atoms with E-state index in [1.165, 1.54) is 4.90 Å². The van der Waals surface area contributed by atoms with Gasteiger partial charge in [-0.2, -0.15) is 0 Å². The Hall–Kier alpha value is -1.89. The molecule has 1 saturated carbocycles. The highest BCUT2D eigenvalue weighted by Crippen LogP contribution is 2.32. The van der Waals surface area contributed by atoms with Gasteiger partial charge in [0.1, 0.15) is 5.75 Å². The van der Waals surface area contributed by atoms with Gasteiger partial charge in [0, 0.05) is 6.04 Å². The summed E-state index contributed by atoms with van der Waals surface area (Å²) < 4.78 is 5.91. The minimum Gasteiger partial charge on any atom is -0.496 e. The molecular weight excluding hydrogens is 388 g/mol. The first-order valence-electron chi connectivity index (χ1n) is 8.45. The van der Waals surface area contributed by atoms with Crippen LogP contribution in [0.15, 0.2) is 22.7 Å². The van der Waals surface area contributed by atoms with Gasteiger partial charge in [-0.15, -0.1) is 0 Å². The lowest BCUT2D eigenvalue weighted by atomic mass is 9.85. The van der Waals surface area contributed by atoms with Crippen molar-refractivity contribution in [2.45, 2.75) is 45.2 Å². The van der Waals surface area contributed by atoms with Crippen LogP contribution in [-0.4, -0.2) is 40.8 Å². The SMILES string of the molecule is COc1ccc(CN2C(=O)C(=O)N([C@H]3CCCC[C@@H]3C)C2=O)cc1Br. The molecule has 4 amide bonds. The van der Waals surface area contributed by atoms with E-state index in [1.54, 1.807) is 25.3 Å². The van der Waals surface area contributed by atoms with Gasteiger partial charge in [0.05, 0.1) is 18.1 Å². The fourth-order valence-corrected chi connectivity index (χ4v) is 4.21. The number of carbonyl (C=O) groups excluding carboxylic acids is 3. The third-order valence-electron chi connectivity index (χ3n) is 5.04. The molecule has 1 aromatic rings. The van der Waals surface area contributed by atoms with Crippen LogP contribution in [0.3, 0.4) is 0 Å². The number of nitrogens with zero attached hydrogens (tertiary/aromatic N) is 2. The zero-order valence-electron chi connectivity index (χ0n) is 14.3. The van der Waals surface area contributed by atoms with Gasteiger partial charge < -0.3 is 4.74 Å². The summed E-state index contributed by atoms with van der Waals surface area (Å²) in [5.41, 5.74) is 0.751. The van der Waals surface area contributed by atoms with E-state index >= 15 is 0 Å². The average molecular weight is 409 g/mol. The highest BCUT2D eigenvalue weighted by molar-refractivity contribution is 9.10. The maximum absolute atomic E-state index is 12.8. The number of amides is 4. The normalized spacial score (nSPS) is 24.2. The van der Waals surface area contributed by atoms with Crippen LogP contribution in [0.5, 0.6) is 5.75 Å². The largest absolute Gasteiger partial charge is 0.496 e. The summed E-state index contributed by atoms with van der Waals surface area (Å²) in [6, 6.07) is 4.65. The molecule has 3 rings (SSSR count). The van der Waals surface area contributed by atoms with E-state index in [2.05, 4.69) is 15.9 Å². The molecule has 7 heteroatoms. The maximum atomic E-state index is 12.8. The fourth-order valence-electron chi connectivity index (χ4n) is 3.63. The molecule has 1 saturated heterocycles. The summed E-state index contributed by atoms with van der Waals surface area (Å²) in [6.45, 7) is 2.11. The van der Waals surface area contributed by atoms with Gasteiger partial charge >= 0.3 is 17.8 Å². The van der Waals surface area contributed by atoms with Crippen molar-refractivity contribution in [1.29, 1.82) is 0 Å². The molecule has 1 aromatic carbocycles. The van der Waals surface area contributed by atoms with Gasteiger partial charge in [-0.05, 0) is 52.4 Å². The number of rotatable bonds is 4. The quantitative estimate of drug-likeness (QED) is 0.565. The van der Waals surface area contributed by atoms with E-state index in [9.17, 15) is 14.4 Å². The Kier molecular flexibility index (Phi) is 5.13. The smallest absolute Gasteiger partial charge is 0.334 e. The van der Waals surface area contributed by atoms with Crippen LogP contribution in [0, 0.1) is 5.92 Å². The van der Waals surface area contributed by atoms with Gasteiger partial charge in [0.2, 0.25) is 0 Å². The highest BCUT2D eigenvalue weighted by atomic mass is 79.9. The first-order valence-corrected chi connectivity index (χ1v) is 9.24. The van der Waals surface area contributed by atoms with Crippen molar-refractivity contribution < 1.29 is 19.1 Å². The zero-order valence-corrected chi connectivity index (χ0v) is 15.9. The van der Waals surface area contributed by atoms with Crippen molar-refractivity contribution in [2.24, 2.45) is 5.92 Å². The van der Waals surface area contributed by atoms with Crippen LogP contribution in [0.2, 0.25) is 0 Å². The third-order valence-corrected chi connectivity index (χ3v) is 5.66. The zero-order chi connectivity index (χ0) is 18.1. The number of ether oxygens (including phenoxy) is 1. The second kappa shape index (κ2) is 7.15. The van der Waals surface area contributed by atoms with Crippen LogP contribution >= 0.6 is 15.9 Å². The molecule has 2 fully saturated rings. The van der Waals surface area contributed by atoms with E-state index in [0.29, 0.717) is 5.75 Å². The molecule has 0 aromatic heterocycles. The lowest BCUT2D eigenvalue weighted by molar-refractivity contribution is -0.144. The first-order chi connectivity index (χ1) is 11.9. The van der Waals surface area contributed by atoms with E-state index in [0.717, 1.165) is 40.6 Å². The Bertz CT molecular complexity index is 721. The molecule has 25 heavy (non-hydrogen) atoms. The molecule has 0 unspecified atom stereocenters. The van der Waals surface area contributed by atoms with Crippen LogP contribution in [0.4, 0.5) is 4.79 Å². The number of carbonyl (C=O) groups is 3. The monoisotopic (exact) mass is 408 g/mol. The van der Waals surface area contributed by atoms with Gasteiger partial charge in [-0.25, -0.2) is 4.79 Å². The Labute approximate surface area is 155 Å². The van der Waals surface area contributed by atoms with Gasteiger partial charge in [-0.3, -0.25) is 19.4 Å². The summed E-state index contributed by atoms with van der Waals surface area (Å²) in [5, 5.41) is 0. The molecule has 0 bridgehead atoms. The van der Waals surface area contributed by atoms with Crippen molar-refractivity contribution in [3.05, 3.63) is 28.2 Å². The number of hydrogen-bond acceptors (Lipinski definition) is 4. The topological polar surface area (TPSA) is 66.9 Å². The molecule has 1 aliphatic carbocycles. The Morgan fingerprint density at radius 1 is 1.16 bits per heavy atom. The summed E-state index contributed by atoms with van der Waals surface area (Å²) in [5.74, 6) is -0.549. The standard InChI is InChI=1S/C18H21BrN2O4/c1-11-5-3-4-6-14(11)21-17(23)16(22)20(18(21)24)10-12-7-8-15(25-2)13(19)9-12/h7-9,11,14H,3-6,10H2,1-2H3/t11-,14-/m0/s1. The molecule has 1 aliphatic heterocycles. The Morgan fingerprint density at radius 3 is 2.52 bits per heavy atom. The maximum Gasteiger partial charge on any atom is 0.334 e. The van der Waals surface area contributed by atoms with E-state index in [-0.39, 0.29) is 18.5 Å².